The lowest BCUT2D eigenvalue weighted by Gasteiger charge is -2.07. The number of rotatable bonds is 4. The molecule has 2 aromatic carbocycles. The Kier molecular flexibility index (Phi) is 4.10. The molecule has 1 aromatic heterocycles. The van der Waals surface area contributed by atoms with Gasteiger partial charge >= 0.3 is 6.01 Å². The zero-order valence-corrected chi connectivity index (χ0v) is 13.9. The van der Waals surface area contributed by atoms with Crippen LogP contribution in [-0.4, -0.2) is 22.7 Å². The van der Waals surface area contributed by atoms with Crippen LogP contribution in [0.1, 0.15) is 16.1 Å². The summed E-state index contributed by atoms with van der Waals surface area (Å²) in [7, 11) is 0. The van der Waals surface area contributed by atoms with E-state index in [-0.39, 0.29) is 18.7 Å². The molecule has 4 rings (SSSR count). The lowest BCUT2D eigenvalue weighted by Crippen LogP contribution is -2.11. The van der Waals surface area contributed by atoms with Gasteiger partial charge < -0.3 is 19.5 Å². The zero-order valence-electron chi connectivity index (χ0n) is 13.9. The quantitative estimate of drug-likeness (QED) is 0.775. The van der Waals surface area contributed by atoms with Crippen molar-refractivity contribution in [1.82, 2.24) is 9.97 Å². The molecule has 1 aliphatic heterocycles. The van der Waals surface area contributed by atoms with Gasteiger partial charge in [-0.3, -0.25) is 4.79 Å². The Bertz CT molecular complexity index is 957. The van der Waals surface area contributed by atoms with Gasteiger partial charge in [-0.25, -0.2) is 9.97 Å². The minimum absolute atomic E-state index is 0.193. The fourth-order valence-corrected chi connectivity index (χ4v) is 2.43. The number of nitrogens with zero attached hydrogens (tertiary/aromatic N) is 2. The van der Waals surface area contributed by atoms with Crippen LogP contribution in [0, 0.1) is 6.92 Å². The molecule has 0 bridgehead atoms. The molecule has 2 heterocycles. The lowest BCUT2D eigenvalue weighted by molar-refractivity contribution is 0.102. The van der Waals surface area contributed by atoms with Crippen molar-refractivity contribution in [2.45, 2.75) is 6.92 Å². The second-order valence-electron chi connectivity index (χ2n) is 5.63. The van der Waals surface area contributed by atoms with Gasteiger partial charge in [0.2, 0.25) is 6.79 Å². The topological polar surface area (TPSA) is 82.6 Å². The van der Waals surface area contributed by atoms with Gasteiger partial charge in [0.1, 0.15) is 5.75 Å². The Morgan fingerprint density at radius 3 is 2.69 bits per heavy atom. The Morgan fingerprint density at radius 1 is 1.08 bits per heavy atom. The molecular formula is C19H15N3O4. The molecule has 26 heavy (non-hydrogen) atoms. The van der Waals surface area contributed by atoms with Gasteiger partial charge in [-0.15, -0.1) is 0 Å². The van der Waals surface area contributed by atoms with E-state index in [0.29, 0.717) is 28.5 Å². The minimum Gasteiger partial charge on any atom is -0.454 e. The number of amides is 1. The summed E-state index contributed by atoms with van der Waals surface area (Å²) in [6.45, 7) is 2.05. The van der Waals surface area contributed by atoms with E-state index < -0.39 is 0 Å². The summed E-state index contributed by atoms with van der Waals surface area (Å²) in [6.07, 6.45) is 1.63. The minimum atomic E-state index is -0.234. The highest BCUT2D eigenvalue weighted by Gasteiger charge is 2.14. The fourth-order valence-electron chi connectivity index (χ4n) is 2.43. The fraction of sp³-hybridized carbons (Fsp3) is 0.105. The van der Waals surface area contributed by atoms with Crippen LogP contribution in [0.5, 0.6) is 23.3 Å². The molecular weight excluding hydrogens is 334 g/mol. The summed E-state index contributed by atoms with van der Waals surface area (Å²) >= 11 is 0. The Balaban J connectivity index is 1.43. The first-order chi connectivity index (χ1) is 12.7. The maximum absolute atomic E-state index is 12.4. The van der Waals surface area contributed by atoms with Crippen LogP contribution in [-0.2, 0) is 0 Å². The standard InChI is InChI=1S/C19H15N3O4/c1-12-8-9-20-19(21-12)26-15-5-2-13(3-6-15)18(23)22-14-4-7-16-17(10-14)25-11-24-16/h2-10H,11H2,1H3,(H,22,23). The van der Waals surface area contributed by atoms with Crippen molar-refractivity contribution in [3.05, 3.63) is 66.0 Å². The molecule has 7 nitrogen and oxygen atoms in total. The molecule has 0 saturated heterocycles. The number of aromatic nitrogens is 2. The molecule has 0 atom stereocenters. The number of hydrogen-bond donors (Lipinski definition) is 1. The molecule has 3 aromatic rings. The first-order valence-electron chi connectivity index (χ1n) is 7.96. The number of fused-ring (bicyclic) bond motifs is 1. The predicted molar refractivity (Wildman–Crippen MR) is 93.8 cm³/mol. The van der Waals surface area contributed by atoms with Gasteiger partial charge in [0, 0.05) is 29.2 Å². The van der Waals surface area contributed by atoms with Crippen LogP contribution in [0.25, 0.3) is 0 Å². The highest BCUT2D eigenvalue weighted by atomic mass is 16.7. The number of carbonyl (C=O) groups is 1. The highest BCUT2D eigenvalue weighted by Crippen LogP contribution is 2.34. The first kappa shape index (κ1) is 15.9. The summed E-state index contributed by atoms with van der Waals surface area (Å²) in [5.41, 5.74) is 1.95. The number of ether oxygens (including phenoxy) is 3. The van der Waals surface area contributed by atoms with E-state index in [1.165, 1.54) is 0 Å². The van der Waals surface area contributed by atoms with Gasteiger partial charge in [0.05, 0.1) is 0 Å². The van der Waals surface area contributed by atoms with E-state index in [4.69, 9.17) is 14.2 Å². The average Bonchev–Trinajstić information content (AvgIpc) is 3.10. The Morgan fingerprint density at radius 2 is 1.88 bits per heavy atom. The van der Waals surface area contributed by atoms with Gasteiger partial charge in [-0.05, 0) is 49.4 Å². The third-order valence-corrected chi connectivity index (χ3v) is 3.73. The zero-order chi connectivity index (χ0) is 17.9. The summed E-state index contributed by atoms with van der Waals surface area (Å²) in [5.74, 6) is 1.60. The van der Waals surface area contributed by atoms with Crippen molar-refractivity contribution >= 4 is 11.6 Å². The van der Waals surface area contributed by atoms with Crippen molar-refractivity contribution < 1.29 is 19.0 Å². The van der Waals surface area contributed by atoms with E-state index in [0.717, 1.165) is 5.69 Å². The summed E-state index contributed by atoms with van der Waals surface area (Å²) in [6, 6.07) is 14.0. The van der Waals surface area contributed by atoms with Crippen LogP contribution >= 0.6 is 0 Å². The van der Waals surface area contributed by atoms with Gasteiger partial charge in [-0.1, -0.05) is 0 Å². The van der Waals surface area contributed by atoms with Crippen LogP contribution in [0.4, 0.5) is 5.69 Å². The van der Waals surface area contributed by atoms with Crippen LogP contribution in [0.2, 0.25) is 0 Å². The molecule has 0 fully saturated rings. The second kappa shape index (κ2) is 6.72. The van der Waals surface area contributed by atoms with Crippen molar-refractivity contribution in [1.29, 1.82) is 0 Å². The Hall–Kier alpha value is -3.61. The number of hydrogen-bond acceptors (Lipinski definition) is 6. The second-order valence-corrected chi connectivity index (χ2v) is 5.63. The number of benzene rings is 2. The lowest BCUT2D eigenvalue weighted by atomic mass is 10.2. The molecule has 7 heteroatoms. The van der Waals surface area contributed by atoms with E-state index >= 15 is 0 Å². The molecule has 0 unspecified atom stereocenters. The molecule has 130 valence electrons. The molecule has 0 aliphatic carbocycles. The highest BCUT2D eigenvalue weighted by molar-refractivity contribution is 6.04. The van der Waals surface area contributed by atoms with Crippen molar-refractivity contribution in [2.75, 3.05) is 12.1 Å². The van der Waals surface area contributed by atoms with Gasteiger partial charge in [0.15, 0.2) is 11.5 Å². The van der Waals surface area contributed by atoms with Gasteiger partial charge in [0.25, 0.3) is 5.91 Å². The number of anilines is 1. The van der Waals surface area contributed by atoms with Gasteiger partial charge in [-0.2, -0.15) is 0 Å². The van der Waals surface area contributed by atoms with Crippen molar-refractivity contribution in [3.63, 3.8) is 0 Å². The third kappa shape index (κ3) is 3.41. The summed E-state index contributed by atoms with van der Waals surface area (Å²) < 4.78 is 16.1. The first-order valence-corrected chi connectivity index (χ1v) is 7.96. The predicted octanol–water partition coefficient (Wildman–Crippen LogP) is 3.56. The number of nitrogens with one attached hydrogen (secondary N) is 1. The SMILES string of the molecule is Cc1ccnc(Oc2ccc(C(=O)Nc3ccc4c(c3)OCO4)cc2)n1. The molecule has 0 saturated carbocycles. The van der Waals surface area contributed by atoms with Crippen LogP contribution in [0.15, 0.2) is 54.7 Å². The largest absolute Gasteiger partial charge is 0.454 e. The van der Waals surface area contributed by atoms with E-state index in [2.05, 4.69) is 15.3 Å². The maximum atomic E-state index is 12.4. The monoisotopic (exact) mass is 349 g/mol. The molecule has 1 amide bonds. The summed E-state index contributed by atoms with van der Waals surface area (Å²) in [4.78, 5) is 20.6. The molecule has 1 N–H and O–H groups in total. The Labute approximate surface area is 149 Å². The van der Waals surface area contributed by atoms with E-state index in [1.54, 1.807) is 54.7 Å². The molecule has 0 spiro atoms. The third-order valence-electron chi connectivity index (χ3n) is 3.73. The maximum Gasteiger partial charge on any atom is 0.322 e. The van der Waals surface area contributed by atoms with Crippen molar-refractivity contribution in [3.8, 4) is 23.3 Å². The number of aryl methyl sites for hydroxylation is 1. The average molecular weight is 349 g/mol. The molecule has 0 radical (unpaired) electrons. The summed E-state index contributed by atoms with van der Waals surface area (Å²) in [5, 5.41) is 2.82. The smallest absolute Gasteiger partial charge is 0.322 e. The number of carbonyl (C=O) groups excluding carboxylic acids is 1. The van der Waals surface area contributed by atoms with Crippen LogP contribution in [0.3, 0.4) is 0 Å². The normalized spacial score (nSPS) is 11.9. The molecule has 1 aliphatic rings. The van der Waals surface area contributed by atoms with E-state index in [9.17, 15) is 4.79 Å². The van der Waals surface area contributed by atoms with Crippen molar-refractivity contribution in [2.24, 2.45) is 0 Å². The van der Waals surface area contributed by atoms with Crippen LogP contribution < -0.4 is 19.5 Å². The van der Waals surface area contributed by atoms with E-state index in [1.807, 2.05) is 6.92 Å².